The number of hydrogen-bond donors (Lipinski definition) is 0. The van der Waals surface area contributed by atoms with Gasteiger partial charge in [0.2, 0.25) is 0 Å². The molecule has 0 rings (SSSR count). The fourth-order valence-corrected chi connectivity index (χ4v) is 2.38. The van der Waals surface area contributed by atoms with Gasteiger partial charge in [-0.2, -0.15) is 0 Å². The summed E-state index contributed by atoms with van der Waals surface area (Å²) in [6.07, 6.45) is 14.2. The zero-order valence-electron chi connectivity index (χ0n) is 15.2. The number of carbonyl (C=O) groups is 1. The molecular formula is C19H38O3. The largest absolute Gasteiger partial charge is 0.464 e. The second kappa shape index (κ2) is 16.8. The van der Waals surface area contributed by atoms with Gasteiger partial charge in [0.25, 0.3) is 0 Å². The highest BCUT2D eigenvalue weighted by Gasteiger charge is 2.14. The molecule has 0 heterocycles. The lowest BCUT2D eigenvalue weighted by molar-refractivity contribution is -0.156. The first-order chi connectivity index (χ1) is 10.7. The zero-order chi connectivity index (χ0) is 16.5. The fraction of sp³-hybridized carbons (Fsp3) is 0.947. The first kappa shape index (κ1) is 21.4. The van der Waals surface area contributed by atoms with Crippen LogP contribution in [0.5, 0.6) is 0 Å². The quantitative estimate of drug-likeness (QED) is 0.272. The molecule has 1 atom stereocenters. The molecule has 0 saturated carbocycles. The molecule has 0 aromatic carbocycles. The van der Waals surface area contributed by atoms with Crippen molar-refractivity contribution in [3.8, 4) is 0 Å². The number of hydrogen-bond acceptors (Lipinski definition) is 3. The van der Waals surface area contributed by atoms with Crippen LogP contribution in [0.2, 0.25) is 0 Å². The highest BCUT2D eigenvalue weighted by Crippen LogP contribution is 2.07. The first-order valence-electron chi connectivity index (χ1n) is 9.50. The maximum atomic E-state index is 11.7. The van der Waals surface area contributed by atoms with Crippen molar-refractivity contribution in [2.45, 2.75) is 104 Å². The van der Waals surface area contributed by atoms with Gasteiger partial charge >= 0.3 is 5.97 Å². The summed E-state index contributed by atoms with van der Waals surface area (Å²) >= 11 is 0. The summed E-state index contributed by atoms with van der Waals surface area (Å²) in [6, 6.07) is 0. The number of esters is 1. The Morgan fingerprint density at radius 1 is 0.727 bits per heavy atom. The molecule has 3 heteroatoms. The molecule has 0 saturated heterocycles. The van der Waals surface area contributed by atoms with Gasteiger partial charge in [0.15, 0.2) is 6.10 Å². The Bertz CT molecular complexity index is 241. The molecule has 0 radical (unpaired) electrons. The standard InChI is InChI=1S/C19H38O3/c1-4-6-8-10-12-14-16-21-18(3)19(20)22-17-15-13-11-9-7-5-2/h18H,4-17H2,1-3H3. The highest BCUT2D eigenvalue weighted by atomic mass is 16.6. The number of carbonyl (C=O) groups excluding carboxylic acids is 1. The van der Waals surface area contributed by atoms with Gasteiger partial charge in [-0.05, 0) is 19.8 Å². The summed E-state index contributed by atoms with van der Waals surface area (Å²) in [7, 11) is 0. The maximum Gasteiger partial charge on any atom is 0.334 e. The molecule has 0 aromatic heterocycles. The molecule has 0 spiro atoms. The van der Waals surface area contributed by atoms with Crippen LogP contribution in [0, 0.1) is 0 Å². The Kier molecular flexibility index (Phi) is 16.4. The van der Waals surface area contributed by atoms with Gasteiger partial charge in [-0.1, -0.05) is 78.1 Å². The topological polar surface area (TPSA) is 35.5 Å². The van der Waals surface area contributed by atoms with Gasteiger partial charge < -0.3 is 9.47 Å². The third kappa shape index (κ3) is 14.4. The van der Waals surface area contributed by atoms with Crippen molar-refractivity contribution in [3.63, 3.8) is 0 Å². The van der Waals surface area contributed by atoms with E-state index < -0.39 is 6.10 Å². The lowest BCUT2D eigenvalue weighted by Gasteiger charge is -2.12. The molecule has 0 aliphatic rings. The molecule has 0 aromatic rings. The molecule has 0 amide bonds. The van der Waals surface area contributed by atoms with E-state index >= 15 is 0 Å². The van der Waals surface area contributed by atoms with Crippen LogP contribution < -0.4 is 0 Å². The zero-order valence-corrected chi connectivity index (χ0v) is 15.2. The minimum atomic E-state index is -0.421. The van der Waals surface area contributed by atoms with E-state index in [4.69, 9.17) is 9.47 Å². The Morgan fingerprint density at radius 3 is 1.73 bits per heavy atom. The van der Waals surface area contributed by atoms with Crippen molar-refractivity contribution in [1.82, 2.24) is 0 Å². The van der Waals surface area contributed by atoms with E-state index in [1.54, 1.807) is 6.92 Å². The molecule has 0 fully saturated rings. The van der Waals surface area contributed by atoms with Crippen molar-refractivity contribution in [3.05, 3.63) is 0 Å². The summed E-state index contributed by atoms with van der Waals surface area (Å²) in [5.41, 5.74) is 0. The summed E-state index contributed by atoms with van der Waals surface area (Å²) in [4.78, 5) is 11.7. The van der Waals surface area contributed by atoms with Gasteiger partial charge in [0.05, 0.1) is 6.61 Å². The second-order valence-corrected chi connectivity index (χ2v) is 6.22. The third-order valence-electron chi connectivity index (χ3n) is 3.94. The minimum Gasteiger partial charge on any atom is -0.464 e. The summed E-state index contributed by atoms with van der Waals surface area (Å²) in [6.45, 7) is 7.44. The summed E-state index contributed by atoms with van der Waals surface area (Å²) in [5.74, 6) is -0.209. The van der Waals surface area contributed by atoms with Crippen LogP contribution in [0.15, 0.2) is 0 Å². The van der Waals surface area contributed by atoms with Crippen molar-refractivity contribution >= 4 is 5.97 Å². The van der Waals surface area contributed by atoms with E-state index in [0.29, 0.717) is 13.2 Å². The molecule has 22 heavy (non-hydrogen) atoms. The SMILES string of the molecule is CCCCCCCCOC(=O)C(C)OCCCCCCCC. The Hall–Kier alpha value is -0.570. The van der Waals surface area contributed by atoms with E-state index in [1.165, 1.54) is 57.8 Å². The van der Waals surface area contributed by atoms with Crippen LogP contribution in [0.25, 0.3) is 0 Å². The maximum absolute atomic E-state index is 11.7. The number of ether oxygens (including phenoxy) is 2. The lowest BCUT2D eigenvalue weighted by atomic mass is 10.1. The van der Waals surface area contributed by atoms with Crippen molar-refractivity contribution < 1.29 is 14.3 Å². The van der Waals surface area contributed by atoms with E-state index in [9.17, 15) is 4.79 Å². The smallest absolute Gasteiger partial charge is 0.334 e. The van der Waals surface area contributed by atoms with Crippen molar-refractivity contribution in [2.24, 2.45) is 0 Å². The van der Waals surface area contributed by atoms with Crippen LogP contribution in [0.3, 0.4) is 0 Å². The monoisotopic (exact) mass is 314 g/mol. The van der Waals surface area contributed by atoms with E-state index in [-0.39, 0.29) is 5.97 Å². The molecule has 3 nitrogen and oxygen atoms in total. The average molecular weight is 315 g/mol. The van der Waals surface area contributed by atoms with Crippen molar-refractivity contribution in [1.29, 1.82) is 0 Å². The minimum absolute atomic E-state index is 0.209. The molecule has 0 bridgehead atoms. The second-order valence-electron chi connectivity index (χ2n) is 6.22. The third-order valence-corrected chi connectivity index (χ3v) is 3.94. The predicted octanol–water partition coefficient (Wildman–Crippen LogP) is 5.66. The number of rotatable bonds is 16. The van der Waals surface area contributed by atoms with Crippen LogP contribution in [-0.2, 0) is 14.3 Å². The Morgan fingerprint density at radius 2 is 1.18 bits per heavy atom. The molecule has 0 N–H and O–H groups in total. The predicted molar refractivity (Wildman–Crippen MR) is 93.1 cm³/mol. The van der Waals surface area contributed by atoms with E-state index in [2.05, 4.69) is 13.8 Å². The van der Waals surface area contributed by atoms with Gasteiger partial charge in [0.1, 0.15) is 0 Å². The van der Waals surface area contributed by atoms with Crippen LogP contribution >= 0.6 is 0 Å². The molecular weight excluding hydrogens is 276 g/mol. The molecule has 132 valence electrons. The van der Waals surface area contributed by atoms with Crippen molar-refractivity contribution in [2.75, 3.05) is 13.2 Å². The molecule has 0 aliphatic carbocycles. The Balaban J connectivity index is 3.36. The van der Waals surface area contributed by atoms with Crippen LogP contribution in [0.1, 0.15) is 97.8 Å². The van der Waals surface area contributed by atoms with Crippen LogP contribution in [-0.4, -0.2) is 25.3 Å². The normalized spacial score (nSPS) is 12.3. The molecule has 1 unspecified atom stereocenters. The first-order valence-corrected chi connectivity index (χ1v) is 9.50. The lowest BCUT2D eigenvalue weighted by Crippen LogP contribution is -2.24. The van der Waals surface area contributed by atoms with E-state index in [1.807, 2.05) is 0 Å². The van der Waals surface area contributed by atoms with Crippen LogP contribution in [0.4, 0.5) is 0 Å². The summed E-state index contributed by atoms with van der Waals surface area (Å²) < 4.78 is 10.8. The Labute approximate surface area is 138 Å². The average Bonchev–Trinajstić information content (AvgIpc) is 2.52. The fourth-order valence-electron chi connectivity index (χ4n) is 2.38. The van der Waals surface area contributed by atoms with E-state index in [0.717, 1.165) is 19.3 Å². The van der Waals surface area contributed by atoms with Gasteiger partial charge in [-0.3, -0.25) is 0 Å². The van der Waals surface area contributed by atoms with Gasteiger partial charge in [-0.25, -0.2) is 4.79 Å². The number of unbranched alkanes of at least 4 members (excludes halogenated alkanes) is 10. The van der Waals surface area contributed by atoms with Gasteiger partial charge in [0, 0.05) is 6.61 Å². The molecule has 0 aliphatic heterocycles. The van der Waals surface area contributed by atoms with Gasteiger partial charge in [-0.15, -0.1) is 0 Å². The summed E-state index contributed by atoms with van der Waals surface area (Å²) in [5, 5.41) is 0. The highest BCUT2D eigenvalue weighted by molar-refractivity contribution is 5.74.